The van der Waals surface area contributed by atoms with E-state index in [0.29, 0.717) is 12.1 Å². The summed E-state index contributed by atoms with van der Waals surface area (Å²) in [7, 11) is 1.67. The van der Waals surface area contributed by atoms with Crippen molar-refractivity contribution in [1.29, 1.82) is 0 Å². The SMILES string of the molecule is COc1ccc(Nc2cc(N[C@H]3CC[C@H](N)CC3)nn3c(-c4ccsc4)cnc23)cc1. The molecule has 0 spiro atoms. The number of aromatic nitrogens is 3. The molecular formula is C23H26N6OS. The van der Waals surface area contributed by atoms with Crippen LogP contribution in [-0.4, -0.2) is 33.8 Å². The number of nitrogens with two attached hydrogens (primary N) is 1. The number of fused-ring (bicyclic) bond motifs is 1. The molecule has 1 aromatic carbocycles. The molecule has 4 aromatic rings. The largest absolute Gasteiger partial charge is 0.497 e. The first-order valence-corrected chi connectivity index (χ1v) is 11.5. The maximum absolute atomic E-state index is 6.08. The van der Waals surface area contributed by atoms with Gasteiger partial charge in [-0.1, -0.05) is 0 Å². The van der Waals surface area contributed by atoms with Crippen molar-refractivity contribution < 1.29 is 4.74 Å². The van der Waals surface area contributed by atoms with E-state index in [1.807, 2.05) is 41.0 Å². The predicted molar refractivity (Wildman–Crippen MR) is 126 cm³/mol. The molecule has 0 aliphatic heterocycles. The third kappa shape index (κ3) is 4.22. The number of hydrogen-bond donors (Lipinski definition) is 3. The van der Waals surface area contributed by atoms with Crippen LogP contribution in [0.3, 0.4) is 0 Å². The summed E-state index contributed by atoms with van der Waals surface area (Å²) in [6.45, 7) is 0. The molecule has 0 atom stereocenters. The molecule has 0 amide bonds. The topological polar surface area (TPSA) is 89.5 Å². The Morgan fingerprint density at radius 2 is 1.94 bits per heavy atom. The van der Waals surface area contributed by atoms with E-state index in [4.69, 9.17) is 15.6 Å². The number of imidazole rings is 1. The summed E-state index contributed by atoms with van der Waals surface area (Å²) in [5, 5.41) is 16.2. The van der Waals surface area contributed by atoms with Gasteiger partial charge in [0.2, 0.25) is 0 Å². The lowest BCUT2D eigenvalue weighted by molar-refractivity contribution is 0.410. The molecule has 0 bridgehead atoms. The average molecular weight is 435 g/mol. The third-order valence-corrected chi connectivity index (χ3v) is 6.46. The number of rotatable bonds is 6. The number of nitrogens with zero attached hydrogens (tertiary/aromatic N) is 3. The van der Waals surface area contributed by atoms with Crippen LogP contribution in [0.2, 0.25) is 0 Å². The predicted octanol–water partition coefficient (Wildman–Crippen LogP) is 4.89. The summed E-state index contributed by atoms with van der Waals surface area (Å²) in [5.74, 6) is 1.65. The van der Waals surface area contributed by atoms with Gasteiger partial charge in [-0.05, 0) is 61.4 Å². The number of anilines is 3. The van der Waals surface area contributed by atoms with Gasteiger partial charge >= 0.3 is 0 Å². The Morgan fingerprint density at radius 1 is 1.13 bits per heavy atom. The van der Waals surface area contributed by atoms with Crippen LogP contribution in [0.1, 0.15) is 25.7 Å². The number of thiophene rings is 1. The number of ether oxygens (including phenoxy) is 1. The summed E-state index contributed by atoms with van der Waals surface area (Å²) in [4.78, 5) is 4.68. The van der Waals surface area contributed by atoms with Crippen molar-refractivity contribution in [2.24, 2.45) is 5.73 Å². The van der Waals surface area contributed by atoms with Crippen LogP contribution in [0, 0.1) is 0 Å². The van der Waals surface area contributed by atoms with Crippen molar-refractivity contribution in [1.82, 2.24) is 14.6 Å². The van der Waals surface area contributed by atoms with Gasteiger partial charge in [0.15, 0.2) is 5.65 Å². The van der Waals surface area contributed by atoms with Crippen molar-refractivity contribution in [3.63, 3.8) is 0 Å². The molecule has 1 aliphatic carbocycles. The highest BCUT2D eigenvalue weighted by molar-refractivity contribution is 7.08. The van der Waals surface area contributed by atoms with E-state index in [2.05, 4.69) is 32.4 Å². The van der Waals surface area contributed by atoms with Crippen molar-refractivity contribution in [3.8, 4) is 17.0 Å². The third-order valence-electron chi connectivity index (χ3n) is 5.78. The second-order valence-electron chi connectivity index (χ2n) is 7.94. The fourth-order valence-corrected chi connectivity index (χ4v) is 4.69. The Labute approximate surface area is 185 Å². The van der Waals surface area contributed by atoms with Gasteiger partial charge in [0.25, 0.3) is 0 Å². The first-order valence-electron chi connectivity index (χ1n) is 10.5. The van der Waals surface area contributed by atoms with Crippen LogP contribution in [-0.2, 0) is 0 Å². The van der Waals surface area contributed by atoms with Gasteiger partial charge in [-0.2, -0.15) is 11.3 Å². The van der Waals surface area contributed by atoms with Gasteiger partial charge in [-0.3, -0.25) is 0 Å². The Bertz CT molecular complexity index is 1150. The normalized spacial score (nSPS) is 18.8. The average Bonchev–Trinajstić information content (AvgIpc) is 3.46. The molecule has 1 saturated carbocycles. The minimum Gasteiger partial charge on any atom is -0.497 e. The summed E-state index contributed by atoms with van der Waals surface area (Å²) >= 11 is 1.67. The van der Waals surface area contributed by atoms with Crippen molar-refractivity contribution >= 4 is 34.2 Å². The smallest absolute Gasteiger partial charge is 0.178 e. The summed E-state index contributed by atoms with van der Waals surface area (Å²) in [6, 6.07) is 12.7. The number of methoxy groups -OCH3 is 1. The number of nitrogens with one attached hydrogen (secondary N) is 2. The molecule has 3 heterocycles. The molecule has 1 aliphatic rings. The molecule has 31 heavy (non-hydrogen) atoms. The number of benzene rings is 1. The van der Waals surface area contributed by atoms with Crippen LogP contribution in [0.5, 0.6) is 5.75 Å². The molecule has 0 unspecified atom stereocenters. The van der Waals surface area contributed by atoms with Crippen LogP contribution in [0.15, 0.2) is 53.4 Å². The lowest BCUT2D eigenvalue weighted by atomic mass is 9.92. The molecular weight excluding hydrogens is 408 g/mol. The van der Waals surface area contributed by atoms with Crippen LogP contribution >= 0.6 is 11.3 Å². The monoisotopic (exact) mass is 434 g/mol. The van der Waals surface area contributed by atoms with Crippen molar-refractivity contribution in [3.05, 3.63) is 53.4 Å². The molecule has 8 heteroatoms. The summed E-state index contributed by atoms with van der Waals surface area (Å²) < 4.78 is 7.19. The Balaban J connectivity index is 1.52. The number of hydrogen-bond acceptors (Lipinski definition) is 7. The molecule has 3 aromatic heterocycles. The van der Waals surface area contributed by atoms with Gasteiger partial charge in [0, 0.05) is 34.8 Å². The van der Waals surface area contributed by atoms with E-state index in [-0.39, 0.29) is 0 Å². The Hall–Kier alpha value is -3.10. The minimum atomic E-state index is 0.319. The van der Waals surface area contributed by atoms with E-state index in [1.54, 1.807) is 18.4 Å². The molecule has 0 radical (unpaired) electrons. The molecule has 4 N–H and O–H groups in total. The molecule has 0 saturated heterocycles. The zero-order chi connectivity index (χ0) is 21.2. The molecule has 1 fully saturated rings. The van der Waals surface area contributed by atoms with Crippen molar-refractivity contribution in [2.75, 3.05) is 17.7 Å². The van der Waals surface area contributed by atoms with E-state index < -0.39 is 0 Å². The van der Waals surface area contributed by atoms with Gasteiger partial charge in [0.05, 0.1) is 24.7 Å². The minimum absolute atomic E-state index is 0.319. The molecule has 7 nitrogen and oxygen atoms in total. The quantitative estimate of drug-likeness (QED) is 0.400. The lowest BCUT2D eigenvalue weighted by Crippen LogP contribution is -2.33. The Kier molecular flexibility index (Phi) is 5.48. The lowest BCUT2D eigenvalue weighted by Gasteiger charge is -2.27. The highest BCUT2D eigenvalue weighted by Crippen LogP contribution is 2.30. The maximum atomic E-state index is 6.08. The highest BCUT2D eigenvalue weighted by atomic mass is 32.1. The van der Waals surface area contributed by atoms with Gasteiger partial charge in [-0.25, -0.2) is 9.50 Å². The van der Waals surface area contributed by atoms with E-state index in [0.717, 1.165) is 65.5 Å². The van der Waals surface area contributed by atoms with Gasteiger partial charge in [-0.15, -0.1) is 5.10 Å². The fraction of sp³-hybridized carbons (Fsp3) is 0.304. The van der Waals surface area contributed by atoms with Crippen LogP contribution < -0.4 is 21.1 Å². The Morgan fingerprint density at radius 3 is 2.65 bits per heavy atom. The van der Waals surface area contributed by atoms with E-state index >= 15 is 0 Å². The van der Waals surface area contributed by atoms with Gasteiger partial charge in [0.1, 0.15) is 11.6 Å². The van der Waals surface area contributed by atoms with Crippen LogP contribution in [0.4, 0.5) is 17.2 Å². The second kappa shape index (κ2) is 8.56. The second-order valence-corrected chi connectivity index (χ2v) is 8.72. The van der Waals surface area contributed by atoms with Crippen LogP contribution in [0.25, 0.3) is 16.9 Å². The van der Waals surface area contributed by atoms with Gasteiger partial charge < -0.3 is 21.1 Å². The summed E-state index contributed by atoms with van der Waals surface area (Å²) in [6.07, 6.45) is 6.09. The summed E-state index contributed by atoms with van der Waals surface area (Å²) in [5.41, 5.74) is 10.8. The zero-order valence-electron chi connectivity index (χ0n) is 17.4. The maximum Gasteiger partial charge on any atom is 0.178 e. The fourth-order valence-electron chi connectivity index (χ4n) is 4.04. The van der Waals surface area contributed by atoms with Crippen molar-refractivity contribution in [2.45, 2.75) is 37.8 Å². The standard InChI is InChI=1S/C23H26N6OS/c1-30-19-8-6-17(7-9-19)26-20-12-22(27-18-4-2-16(24)3-5-18)28-29-21(13-25-23(20)29)15-10-11-31-14-15/h6-14,16,18,26H,2-5,24H2,1H3,(H,27,28)/t16-,18-. The van der Waals surface area contributed by atoms with E-state index in [9.17, 15) is 0 Å². The molecule has 5 rings (SSSR count). The van der Waals surface area contributed by atoms with E-state index in [1.165, 1.54) is 0 Å². The first kappa shape index (κ1) is 19.8. The zero-order valence-corrected chi connectivity index (χ0v) is 18.2. The molecule has 160 valence electrons. The highest BCUT2D eigenvalue weighted by Gasteiger charge is 2.20. The first-order chi connectivity index (χ1) is 15.2.